The van der Waals surface area contributed by atoms with Gasteiger partial charge in [-0.3, -0.25) is 4.79 Å². The molecule has 1 aromatic heterocycles. The third-order valence-electron chi connectivity index (χ3n) is 7.14. The van der Waals surface area contributed by atoms with Crippen LogP contribution in [0.25, 0.3) is 0 Å². The van der Waals surface area contributed by atoms with Crippen LogP contribution in [0.15, 0.2) is 42.5 Å². The quantitative estimate of drug-likeness (QED) is 0.254. The largest absolute Gasteiger partial charge is 0.379 e. The molecule has 0 unspecified atom stereocenters. The first-order chi connectivity index (χ1) is 19.1. The Kier molecular flexibility index (Phi) is 8.22. The van der Waals surface area contributed by atoms with E-state index in [0.717, 1.165) is 12.0 Å². The molecule has 13 heteroatoms. The lowest BCUT2D eigenvalue weighted by Crippen LogP contribution is -2.53. The van der Waals surface area contributed by atoms with Crippen molar-refractivity contribution in [3.05, 3.63) is 58.6 Å². The van der Waals surface area contributed by atoms with Crippen molar-refractivity contribution >= 4 is 46.7 Å². The molecule has 10 N–H and O–H groups in total. The average molecular weight is 566 g/mol. The van der Waals surface area contributed by atoms with E-state index in [1.54, 1.807) is 12.1 Å². The Morgan fingerprint density at radius 2 is 1.48 bits per heavy atom. The minimum Gasteiger partial charge on any atom is -0.379 e. The zero-order chi connectivity index (χ0) is 28.4. The van der Waals surface area contributed by atoms with Gasteiger partial charge in [-0.15, -0.1) is 0 Å². The van der Waals surface area contributed by atoms with Crippen LogP contribution in [0.4, 0.5) is 29.2 Å². The fraction of sp³-hybridized carbons (Fsp3) is 0.407. The number of piperidine rings is 2. The third kappa shape index (κ3) is 6.53. The molecule has 0 saturated carbocycles. The predicted octanol–water partition coefficient (Wildman–Crippen LogP) is 1.55. The number of nitrogens with one attached hydrogen (secondary N) is 2. The number of nitrogen functional groups attached to an aromatic ring is 1. The first-order valence-electron chi connectivity index (χ1n) is 13.4. The first-order valence-corrected chi connectivity index (χ1v) is 13.7. The summed E-state index contributed by atoms with van der Waals surface area (Å²) in [5, 5.41) is 7.15. The third-order valence-corrected chi connectivity index (χ3v) is 7.54. The van der Waals surface area contributed by atoms with Gasteiger partial charge >= 0.3 is 0 Å². The van der Waals surface area contributed by atoms with E-state index in [-0.39, 0.29) is 36.0 Å². The summed E-state index contributed by atoms with van der Waals surface area (Å²) in [5.74, 6) is 0.801. The molecule has 0 spiro atoms. The molecule has 212 valence electrons. The maximum atomic E-state index is 12.9. The number of nitrogens with zero attached hydrogens (tertiary/aromatic N) is 5. The Morgan fingerprint density at radius 3 is 2.12 bits per heavy atom. The summed E-state index contributed by atoms with van der Waals surface area (Å²) in [6, 6.07) is 12.4. The number of hydrogen-bond acceptors (Lipinski definition) is 11. The highest BCUT2D eigenvalue weighted by Gasteiger charge is 2.30. The van der Waals surface area contributed by atoms with E-state index >= 15 is 0 Å². The number of nitrogens with two attached hydrogens (primary N) is 4. The molecule has 2 fully saturated rings. The molecular weight excluding hydrogens is 530 g/mol. The van der Waals surface area contributed by atoms with Gasteiger partial charge in [0.05, 0.1) is 11.4 Å². The monoisotopic (exact) mass is 565 g/mol. The fourth-order valence-corrected chi connectivity index (χ4v) is 5.47. The number of aromatic nitrogens is 3. The normalized spacial score (nSPS) is 23.1. The minimum atomic E-state index is -0.210. The van der Waals surface area contributed by atoms with Gasteiger partial charge in [0.15, 0.2) is 0 Å². The Labute approximate surface area is 238 Å². The lowest BCUT2D eigenvalue weighted by molar-refractivity contribution is 0.102. The molecule has 0 aliphatic carbocycles. The van der Waals surface area contributed by atoms with E-state index in [2.05, 4.69) is 20.6 Å². The number of carbonyl (C=O) groups is 1. The van der Waals surface area contributed by atoms with Crippen molar-refractivity contribution in [2.45, 2.75) is 43.9 Å². The number of amides is 1. The van der Waals surface area contributed by atoms with Crippen molar-refractivity contribution < 1.29 is 4.79 Å². The van der Waals surface area contributed by atoms with Gasteiger partial charge in [0.25, 0.3) is 5.91 Å². The molecule has 3 heterocycles. The summed E-state index contributed by atoms with van der Waals surface area (Å²) in [4.78, 5) is 30.4. The summed E-state index contributed by atoms with van der Waals surface area (Å²) < 4.78 is 0. The van der Waals surface area contributed by atoms with E-state index in [1.165, 1.54) is 0 Å². The summed E-state index contributed by atoms with van der Waals surface area (Å²) in [7, 11) is 0. The van der Waals surface area contributed by atoms with Crippen LogP contribution in [0.2, 0.25) is 5.02 Å². The van der Waals surface area contributed by atoms with Gasteiger partial charge in [0.1, 0.15) is 0 Å². The molecule has 2 aliphatic heterocycles. The van der Waals surface area contributed by atoms with E-state index in [9.17, 15) is 4.79 Å². The lowest BCUT2D eigenvalue weighted by Gasteiger charge is -2.38. The zero-order valence-electron chi connectivity index (χ0n) is 22.4. The van der Waals surface area contributed by atoms with Gasteiger partial charge in [0, 0.05) is 60.9 Å². The van der Waals surface area contributed by atoms with Crippen LogP contribution in [-0.4, -0.2) is 71.2 Å². The smallest absolute Gasteiger partial charge is 0.255 e. The molecule has 0 bridgehead atoms. The highest BCUT2D eigenvalue weighted by molar-refractivity contribution is 6.31. The highest BCUT2D eigenvalue weighted by Crippen LogP contribution is 2.32. The highest BCUT2D eigenvalue weighted by atomic mass is 35.5. The van der Waals surface area contributed by atoms with Crippen LogP contribution >= 0.6 is 11.6 Å². The topological polar surface area (TPSA) is 190 Å². The van der Waals surface area contributed by atoms with Gasteiger partial charge in [-0.05, 0) is 49.6 Å². The zero-order valence-corrected chi connectivity index (χ0v) is 23.2. The summed E-state index contributed by atoms with van der Waals surface area (Å²) in [5.41, 5.74) is 27.7. The Morgan fingerprint density at radius 1 is 0.875 bits per heavy atom. The Balaban J connectivity index is 1.36. The van der Waals surface area contributed by atoms with E-state index in [4.69, 9.17) is 39.5 Å². The molecular formula is C27H36ClN11O. The SMILES string of the molecule is Cc1cc(NC(=O)c2ccccc2)c(N[C@@H]2C[C@H](N)CN(c3nc(N)nc(N4C[C@H](N)C[C@H](N)C4)n3)C2)cc1Cl. The molecule has 40 heavy (non-hydrogen) atoms. The van der Waals surface area contributed by atoms with Crippen LogP contribution in [-0.2, 0) is 0 Å². The van der Waals surface area contributed by atoms with E-state index in [1.807, 2.05) is 47.1 Å². The van der Waals surface area contributed by atoms with Gasteiger partial charge < -0.3 is 43.4 Å². The fourth-order valence-electron chi connectivity index (χ4n) is 5.31. The molecule has 2 saturated heterocycles. The number of anilines is 5. The molecule has 12 nitrogen and oxygen atoms in total. The Hall–Kier alpha value is -3.71. The second-order valence-electron chi connectivity index (χ2n) is 10.7. The van der Waals surface area contributed by atoms with Crippen molar-refractivity contribution in [2.24, 2.45) is 17.2 Å². The predicted molar refractivity (Wildman–Crippen MR) is 160 cm³/mol. The van der Waals surface area contributed by atoms with Gasteiger partial charge in [0.2, 0.25) is 17.8 Å². The standard InChI is InChI=1S/C27H36ClN11O/c1-15-7-22(34-24(40)16-5-3-2-4-6-16)23(10-21(15)28)33-20-9-19(31)13-39(14-20)27-36-25(32)35-26(37-27)38-11-17(29)8-18(30)12-38/h2-7,10,17-20,33H,8-9,11-14,29-31H2,1H3,(H,34,40)(H2,32,35,36,37)/t17-,18+,19-,20+/m0/s1. The molecule has 4 atom stereocenters. The maximum absolute atomic E-state index is 12.9. The molecule has 3 aromatic rings. The average Bonchev–Trinajstić information content (AvgIpc) is 2.91. The van der Waals surface area contributed by atoms with E-state index in [0.29, 0.717) is 66.5 Å². The van der Waals surface area contributed by atoms with E-state index < -0.39 is 0 Å². The van der Waals surface area contributed by atoms with Crippen molar-refractivity contribution in [1.29, 1.82) is 0 Å². The van der Waals surface area contributed by atoms with Gasteiger partial charge in [-0.25, -0.2) is 0 Å². The number of hydrogen-bond donors (Lipinski definition) is 6. The molecule has 2 aliphatic rings. The van der Waals surface area contributed by atoms with Crippen molar-refractivity contribution in [1.82, 2.24) is 15.0 Å². The van der Waals surface area contributed by atoms with Crippen LogP contribution in [0.1, 0.15) is 28.8 Å². The van der Waals surface area contributed by atoms with Crippen LogP contribution in [0, 0.1) is 6.92 Å². The maximum Gasteiger partial charge on any atom is 0.255 e. The van der Waals surface area contributed by atoms with Crippen molar-refractivity contribution in [2.75, 3.05) is 52.3 Å². The van der Waals surface area contributed by atoms with Gasteiger partial charge in [-0.1, -0.05) is 29.8 Å². The molecule has 5 rings (SSSR count). The molecule has 1 amide bonds. The summed E-state index contributed by atoms with van der Waals surface area (Å²) >= 11 is 6.49. The van der Waals surface area contributed by atoms with Crippen molar-refractivity contribution in [3.63, 3.8) is 0 Å². The molecule has 0 radical (unpaired) electrons. The van der Waals surface area contributed by atoms with Crippen LogP contribution < -0.4 is 43.4 Å². The second kappa shape index (κ2) is 11.8. The second-order valence-corrected chi connectivity index (χ2v) is 11.1. The van der Waals surface area contributed by atoms with Crippen LogP contribution in [0.5, 0.6) is 0 Å². The number of rotatable bonds is 6. The summed E-state index contributed by atoms with van der Waals surface area (Å²) in [6.45, 7) is 4.17. The van der Waals surface area contributed by atoms with Crippen molar-refractivity contribution in [3.8, 4) is 0 Å². The first kappa shape index (κ1) is 27.8. The number of benzene rings is 2. The van der Waals surface area contributed by atoms with Crippen LogP contribution in [0.3, 0.4) is 0 Å². The number of halogens is 1. The Bertz CT molecular complexity index is 1350. The lowest BCUT2D eigenvalue weighted by atomic mass is 10.0. The number of carbonyl (C=O) groups excluding carboxylic acids is 1. The van der Waals surface area contributed by atoms with Gasteiger partial charge in [-0.2, -0.15) is 15.0 Å². The number of aryl methyl sites for hydroxylation is 1. The minimum absolute atomic E-state index is 0.0694. The molecule has 2 aromatic carbocycles. The summed E-state index contributed by atoms with van der Waals surface area (Å²) in [6.07, 6.45) is 1.44.